The van der Waals surface area contributed by atoms with E-state index in [4.69, 9.17) is 4.74 Å². The second-order valence-electron chi connectivity index (χ2n) is 5.42. The van der Waals surface area contributed by atoms with Gasteiger partial charge < -0.3 is 10.1 Å². The minimum Gasteiger partial charge on any atom is -0.445 e. The molecular formula is C14H17FINO3. The van der Waals surface area contributed by atoms with Crippen LogP contribution in [0.1, 0.15) is 26.3 Å². The van der Waals surface area contributed by atoms with Crippen LogP contribution in [0.15, 0.2) is 24.3 Å². The molecule has 0 aliphatic carbocycles. The molecule has 0 aliphatic heterocycles. The number of hydrogen-bond acceptors (Lipinski definition) is 3. The summed E-state index contributed by atoms with van der Waals surface area (Å²) in [6.45, 7) is 5.34. The van der Waals surface area contributed by atoms with Crippen LogP contribution in [0.25, 0.3) is 0 Å². The Kier molecular flexibility index (Phi) is 5.91. The van der Waals surface area contributed by atoms with Crippen LogP contribution in [0.4, 0.5) is 9.18 Å². The lowest BCUT2D eigenvalue weighted by Crippen LogP contribution is -2.47. The van der Waals surface area contributed by atoms with Crippen LogP contribution in [0.5, 0.6) is 0 Å². The van der Waals surface area contributed by atoms with Crippen molar-refractivity contribution in [1.29, 1.82) is 0 Å². The standard InChI is InChI=1S/C14H17FINO3/c1-14(2,3)11(12(16)18)17-13(19)20-8-9-6-4-5-7-10(9)15/h4-7,11H,8H2,1-3H3,(H,17,19). The highest BCUT2D eigenvalue weighted by molar-refractivity contribution is 14.1. The molecule has 0 saturated carbocycles. The van der Waals surface area contributed by atoms with Crippen molar-refractivity contribution in [2.75, 3.05) is 0 Å². The number of carbonyl (C=O) groups is 2. The summed E-state index contributed by atoms with van der Waals surface area (Å²) >= 11 is 1.64. The van der Waals surface area contributed by atoms with E-state index < -0.39 is 23.4 Å². The SMILES string of the molecule is CC(C)(C)C(NC(=O)OCc1ccccc1F)C(=O)I. The first-order valence-electron chi connectivity index (χ1n) is 6.08. The Hall–Kier alpha value is -1.18. The van der Waals surface area contributed by atoms with Gasteiger partial charge in [-0.3, -0.25) is 4.79 Å². The highest BCUT2D eigenvalue weighted by Crippen LogP contribution is 2.22. The normalized spacial score (nSPS) is 12.7. The molecule has 1 aromatic carbocycles. The van der Waals surface area contributed by atoms with Gasteiger partial charge in [-0.15, -0.1) is 0 Å². The van der Waals surface area contributed by atoms with Crippen molar-refractivity contribution in [2.24, 2.45) is 5.41 Å². The van der Waals surface area contributed by atoms with Gasteiger partial charge in [0.15, 0.2) is 0 Å². The van der Waals surface area contributed by atoms with Gasteiger partial charge in [-0.1, -0.05) is 39.0 Å². The molecule has 1 aromatic rings. The van der Waals surface area contributed by atoms with Crippen molar-refractivity contribution >= 4 is 32.5 Å². The Labute approximate surface area is 131 Å². The fourth-order valence-electron chi connectivity index (χ4n) is 1.53. The molecule has 0 heterocycles. The molecule has 1 amide bonds. The fraction of sp³-hybridized carbons (Fsp3) is 0.429. The van der Waals surface area contributed by atoms with Gasteiger partial charge in [0.1, 0.15) is 18.5 Å². The predicted octanol–water partition coefficient (Wildman–Crippen LogP) is 3.43. The minimum atomic E-state index is -0.738. The first-order chi connectivity index (χ1) is 9.21. The van der Waals surface area contributed by atoms with E-state index in [1.807, 2.05) is 20.8 Å². The van der Waals surface area contributed by atoms with Gasteiger partial charge in [0.25, 0.3) is 0 Å². The number of benzene rings is 1. The molecule has 6 heteroatoms. The highest BCUT2D eigenvalue weighted by atomic mass is 127. The average molecular weight is 393 g/mol. The zero-order valence-corrected chi connectivity index (χ0v) is 13.7. The topological polar surface area (TPSA) is 55.4 Å². The smallest absolute Gasteiger partial charge is 0.408 e. The lowest BCUT2D eigenvalue weighted by Gasteiger charge is -2.28. The molecule has 20 heavy (non-hydrogen) atoms. The van der Waals surface area contributed by atoms with Crippen LogP contribution in [0, 0.1) is 11.2 Å². The van der Waals surface area contributed by atoms with Gasteiger partial charge in [0.2, 0.25) is 3.79 Å². The summed E-state index contributed by atoms with van der Waals surface area (Å²) < 4.78 is 18.1. The third kappa shape index (κ3) is 5.07. The molecule has 1 unspecified atom stereocenters. The van der Waals surface area contributed by atoms with E-state index >= 15 is 0 Å². The summed E-state index contributed by atoms with van der Waals surface area (Å²) in [5, 5.41) is 2.51. The monoisotopic (exact) mass is 393 g/mol. The molecule has 0 bridgehead atoms. The van der Waals surface area contributed by atoms with Gasteiger partial charge >= 0.3 is 6.09 Å². The Bertz CT molecular complexity index is 499. The predicted molar refractivity (Wildman–Crippen MR) is 82.0 cm³/mol. The Balaban J connectivity index is 2.60. The zero-order valence-electron chi connectivity index (χ0n) is 11.6. The van der Waals surface area contributed by atoms with E-state index in [0.717, 1.165) is 0 Å². The number of carbonyl (C=O) groups excluding carboxylic acids is 2. The maximum absolute atomic E-state index is 13.4. The Morgan fingerprint density at radius 3 is 2.45 bits per heavy atom. The number of halogens is 2. The van der Waals surface area contributed by atoms with Crippen molar-refractivity contribution in [3.8, 4) is 0 Å². The minimum absolute atomic E-state index is 0.176. The second kappa shape index (κ2) is 7.01. The van der Waals surface area contributed by atoms with Crippen LogP contribution in [0.2, 0.25) is 0 Å². The summed E-state index contributed by atoms with van der Waals surface area (Å²) in [7, 11) is 0. The summed E-state index contributed by atoms with van der Waals surface area (Å²) in [4.78, 5) is 23.2. The van der Waals surface area contributed by atoms with E-state index in [9.17, 15) is 14.0 Å². The van der Waals surface area contributed by atoms with E-state index in [-0.39, 0.29) is 16.0 Å². The van der Waals surface area contributed by atoms with E-state index in [1.165, 1.54) is 12.1 Å². The molecule has 1 atom stereocenters. The third-order valence-electron chi connectivity index (χ3n) is 2.67. The number of ether oxygens (including phenoxy) is 1. The van der Waals surface area contributed by atoms with Crippen molar-refractivity contribution in [1.82, 2.24) is 5.32 Å². The highest BCUT2D eigenvalue weighted by Gasteiger charge is 2.31. The summed E-state index contributed by atoms with van der Waals surface area (Å²) in [5.74, 6) is -0.433. The number of alkyl carbamates (subject to hydrolysis) is 1. The summed E-state index contributed by atoms with van der Waals surface area (Å²) in [5.41, 5.74) is -0.134. The third-order valence-corrected chi connectivity index (χ3v) is 3.29. The van der Waals surface area contributed by atoms with Crippen LogP contribution < -0.4 is 5.32 Å². The first kappa shape index (κ1) is 16.9. The molecule has 0 radical (unpaired) electrons. The first-order valence-corrected chi connectivity index (χ1v) is 7.15. The van der Waals surface area contributed by atoms with Crippen molar-refractivity contribution in [3.05, 3.63) is 35.6 Å². The molecule has 110 valence electrons. The van der Waals surface area contributed by atoms with Gasteiger partial charge in [0.05, 0.1) is 0 Å². The van der Waals surface area contributed by atoms with Crippen LogP contribution in [-0.4, -0.2) is 15.9 Å². The lowest BCUT2D eigenvalue weighted by molar-refractivity contribution is -0.113. The second-order valence-corrected chi connectivity index (χ2v) is 6.48. The quantitative estimate of drug-likeness (QED) is 0.630. The van der Waals surface area contributed by atoms with Crippen molar-refractivity contribution in [3.63, 3.8) is 0 Å². The molecule has 0 saturated heterocycles. The number of amides is 1. The average Bonchev–Trinajstić information content (AvgIpc) is 2.33. The number of rotatable bonds is 4. The van der Waals surface area contributed by atoms with Crippen molar-refractivity contribution in [2.45, 2.75) is 33.4 Å². The molecule has 0 spiro atoms. The molecule has 0 aromatic heterocycles. The van der Waals surface area contributed by atoms with Crippen LogP contribution >= 0.6 is 22.6 Å². The van der Waals surface area contributed by atoms with Gasteiger partial charge in [-0.2, -0.15) is 0 Å². The van der Waals surface area contributed by atoms with E-state index in [2.05, 4.69) is 5.32 Å². The molecular weight excluding hydrogens is 376 g/mol. The van der Waals surface area contributed by atoms with Crippen molar-refractivity contribution < 1.29 is 18.7 Å². The maximum atomic E-state index is 13.4. The fourth-order valence-corrected chi connectivity index (χ4v) is 2.62. The van der Waals surface area contributed by atoms with Gasteiger partial charge in [-0.25, -0.2) is 9.18 Å². The van der Waals surface area contributed by atoms with Crippen LogP contribution in [-0.2, 0) is 16.1 Å². The Morgan fingerprint density at radius 1 is 1.35 bits per heavy atom. The number of hydrogen-bond donors (Lipinski definition) is 1. The van der Waals surface area contributed by atoms with E-state index in [1.54, 1.807) is 34.7 Å². The molecule has 4 nitrogen and oxygen atoms in total. The van der Waals surface area contributed by atoms with E-state index in [0.29, 0.717) is 0 Å². The zero-order chi connectivity index (χ0) is 15.3. The number of nitrogens with one attached hydrogen (secondary N) is 1. The lowest BCUT2D eigenvalue weighted by atomic mass is 9.88. The molecule has 0 fully saturated rings. The molecule has 0 aliphatic rings. The summed E-state index contributed by atoms with van der Waals surface area (Å²) in [6, 6.07) is 5.39. The largest absolute Gasteiger partial charge is 0.445 e. The van der Waals surface area contributed by atoms with Gasteiger partial charge in [-0.05, 0) is 11.5 Å². The maximum Gasteiger partial charge on any atom is 0.408 e. The molecule has 1 rings (SSSR count). The molecule has 1 N–H and O–H groups in total. The van der Waals surface area contributed by atoms with Crippen LogP contribution in [0.3, 0.4) is 0 Å². The Morgan fingerprint density at radius 2 is 1.95 bits per heavy atom. The summed E-state index contributed by atoms with van der Waals surface area (Å²) in [6.07, 6.45) is -0.738. The van der Waals surface area contributed by atoms with Gasteiger partial charge in [0, 0.05) is 28.2 Å².